The van der Waals surface area contributed by atoms with E-state index < -0.39 is 0 Å². The fraction of sp³-hybridized carbons (Fsp3) is 0.333. The van der Waals surface area contributed by atoms with Crippen molar-refractivity contribution in [3.8, 4) is 11.3 Å². The molecule has 0 aliphatic carbocycles. The first kappa shape index (κ1) is 16.5. The minimum atomic E-state index is 0.417. The van der Waals surface area contributed by atoms with Gasteiger partial charge in [-0.3, -0.25) is 0 Å². The van der Waals surface area contributed by atoms with Crippen molar-refractivity contribution in [1.29, 1.82) is 0 Å². The normalized spacial score (nSPS) is 16.4. The van der Waals surface area contributed by atoms with Crippen LogP contribution in [0.5, 0.6) is 0 Å². The minimum Gasteiger partial charge on any atom is -0.351 e. The molecule has 4 aromatic rings. The fourth-order valence-corrected chi connectivity index (χ4v) is 3.69. The lowest BCUT2D eigenvalue weighted by Gasteiger charge is -2.29. The Hall–Kier alpha value is -2.71. The van der Waals surface area contributed by atoms with Gasteiger partial charge in [0, 0.05) is 29.4 Å². The van der Waals surface area contributed by atoms with E-state index in [0.29, 0.717) is 22.8 Å². The number of aromatic nitrogens is 6. The summed E-state index contributed by atoms with van der Waals surface area (Å²) in [7, 11) is 2.15. The van der Waals surface area contributed by atoms with Crippen LogP contribution >= 0.6 is 11.6 Å². The highest BCUT2D eigenvalue weighted by molar-refractivity contribution is 6.29. The van der Waals surface area contributed by atoms with Gasteiger partial charge in [-0.05, 0) is 45.1 Å². The van der Waals surface area contributed by atoms with Crippen molar-refractivity contribution < 1.29 is 0 Å². The lowest BCUT2D eigenvalue weighted by Crippen LogP contribution is -2.37. The molecule has 138 valence electrons. The van der Waals surface area contributed by atoms with Crippen molar-refractivity contribution in [2.45, 2.75) is 18.9 Å². The van der Waals surface area contributed by atoms with E-state index >= 15 is 0 Å². The summed E-state index contributed by atoms with van der Waals surface area (Å²) in [5, 5.41) is 9.44. The summed E-state index contributed by atoms with van der Waals surface area (Å²) in [5.41, 5.74) is 3.22. The first-order valence-corrected chi connectivity index (χ1v) is 9.35. The van der Waals surface area contributed by atoms with Crippen LogP contribution < -0.4 is 5.32 Å². The average Bonchev–Trinajstić information content (AvgIpc) is 3.27. The Morgan fingerprint density at radius 3 is 2.89 bits per heavy atom. The summed E-state index contributed by atoms with van der Waals surface area (Å²) < 4.78 is 1.62. The van der Waals surface area contributed by atoms with Crippen LogP contribution in [0.3, 0.4) is 0 Å². The monoisotopic (exact) mass is 382 g/mol. The average molecular weight is 383 g/mol. The number of hydrogen-bond acceptors (Lipinski definition) is 6. The van der Waals surface area contributed by atoms with Crippen LogP contribution in [0.2, 0.25) is 5.15 Å². The van der Waals surface area contributed by atoms with E-state index in [1.54, 1.807) is 10.7 Å². The molecule has 2 N–H and O–H groups in total. The number of nitrogens with zero attached hydrogens (tertiary/aromatic N) is 6. The van der Waals surface area contributed by atoms with Gasteiger partial charge in [-0.2, -0.15) is 10.1 Å². The maximum Gasteiger partial charge on any atom is 0.224 e. The Morgan fingerprint density at radius 2 is 2.04 bits per heavy atom. The topological polar surface area (TPSA) is 87.0 Å². The van der Waals surface area contributed by atoms with Crippen LogP contribution in [0, 0.1) is 0 Å². The second-order valence-electron chi connectivity index (χ2n) is 6.95. The quantitative estimate of drug-likeness (QED) is 0.566. The molecular weight excluding hydrogens is 364 g/mol. The van der Waals surface area contributed by atoms with Gasteiger partial charge in [0.25, 0.3) is 0 Å². The van der Waals surface area contributed by atoms with Crippen LogP contribution in [0.4, 0.5) is 5.95 Å². The predicted octanol–water partition coefficient (Wildman–Crippen LogP) is 2.83. The number of likely N-dealkylation sites (tertiary alicyclic amines) is 1. The molecular formula is C18H19ClN8. The number of halogens is 1. The molecule has 0 bridgehead atoms. The SMILES string of the molecule is CN1CCC(Nc2ncc3c(-c4ccc5ncc(Cl)n5n4)c[nH]c3n2)CC1. The van der Waals surface area contributed by atoms with Crippen LogP contribution in [0.25, 0.3) is 27.9 Å². The van der Waals surface area contributed by atoms with Crippen LogP contribution in [0.15, 0.2) is 30.7 Å². The Bertz CT molecular complexity index is 1110. The molecule has 1 saturated heterocycles. The Labute approximate surface area is 160 Å². The summed E-state index contributed by atoms with van der Waals surface area (Å²) in [5.74, 6) is 0.659. The standard InChI is InChI=1S/C18H19ClN8/c1-26-6-4-11(5-7-26)23-18-22-9-13-12(8-21-17(13)24-18)14-2-3-16-20-10-15(19)27(16)25-14/h2-3,8-11H,4-7H2,1H3,(H2,21,22,23,24). The highest BCUT2D eigenvalue weighted by Crippen LogP contribution is 2.27. The molecule has 27 heavy (non-hydrogen) atoms. The zero-order valence-electron chi connectivity index (χ0n) is 14.9. The maximum absolute atomic E-state index is 6.14. The molecule has 0 radical (unpaired) electrons. The molecule has 0 spiro atoms. The molecule has 0 amide bonds. The lowest BCUT2D eigenvalue weighted by molar-refractivity contribution is 0.263. The second kappa shape index (κ2) is 6.47. The highest BCUT2D eigenvalue weighted by atomic mass is 35.5. The van der Waals surface area contributed by atoms with E-state index in [1.807, 2.05) is 24.5 Å². The van der Waals surface area contributed by atoms with Crippen molar-refractivity contribution in [3.05, 3.63) is 35.9 Å². The fourth-order valence-electron chi connectivity index (χ4n) is 3.51. The molecule has 0 saturated carbocycles. The number of rotatable bonds is 3. The van der Waals surface area contributed by atoms with Gasteiger partial charge in [-0.15, -0.1) is 0 Å². The first-order chi connectivity index (χ1) is 13.2. The van der Waals surface area contributed by atoms with Gasteiger partial charge < -0.3 is 15.2 Å². The largest absolute Gasteiger partial charge is 0.351 e. The van der Waals surface area contributed by atoms with Crippen LogP contribution in [0.1, 0.15) is 12.8 Å². The van der Waals surface area contributed by atoms with Crippen LogP contribution in [-0.2, 0) is 0 Å². The number of imidazole rings is 1. The van der Waals surface area contributed by atoms with Gasteiger partial charge in [0.05, 0.1) is 11.9 Å². The second-order valence-corrected chi connectivity index (χ2v) is 7.34. The number of piperidine rings is 1. The molecule has 0 atom stereocenters. The third kappa shape index (κ3) is 3.00. The Balaban J connectivity index is 1.45. The molecule has 0 aromatic carbocycles. The van der Waals surface area contributed by atoms with Crippen molar-refractivity contribution in [2.75, 3.05) is 25.5 Å². The van der Waals surface area contributed by atoms with E-state index in [-0.39, 0.29) is 0 Å². The number of nitrogens with one attached hydrogen (secondary N) is 2. The van der Waals surface area contributed by atoms with Gasteiger partial charge in [0.15, 0.2) is 10.8 Å². The van der Waals surface area contributed by atoms with Gasteiger partial charge in [0.2, 0.25) is 5.95 Å². The van der Waals surface area contributed by atoms with Gasteiger partial charge >= 0.3 is 0 Å². The summed E-state index contributed by atoms with van der Waals surface area (Å²) in [6, 6.07) is 4.23. The maximum atomic E-state index is 6.14. The molecule has 5 rings (SSSR count). The van der Waals surface area contributed by atoms with Gasteiger partial charge in [-0.1, -0.05) is 11.6 Å². The first-order valence-electron chi connectivity index (χ1n) is 8.97. The molecule has 1 aliphatic heterocycles. The van der Waals surface area contributed by atoms with Crippen LogP contribution in [-0.4, -0.2) is 60.6 Å². The third-order valence-corrected chi connectivity index (χ3v) is 5.34. The van der Waals surface area contributed by atoms with E-state index in [1.165, 1.54) is 0 Å². The zero-order valence-corrected chi connectivity index (χ0v) is 15.6. The summed E-state index contributed by atoms with van der Waals surface area (Å²) >= 11 is 6.14. The highest BCUT2D eigenvalue weighted by Gasteiger charge is 2.18. The Morgan fingerprint density at radius 1 is 1.19 bits per heavy atom. The third-order valence-electron chi connectivity index (χ3n) is 5.08. The number of fused-ring (bicyclic) bond motifs is 2. The molecule has 5 heterocycles. The lowest BCUT2D eigenvalue weighted by atomic mass is 10.1. The van der Waals surface area contributed by atoms with E-state index in [9.17, 15) is 0 Å². The van der Waals surface area contributed by atoms with Crippen molar-refractivity contribution in [1.82, 2.24) is 34.4 Å². The molecule has 0 unspecified atom stereocenters. The number of H-pyrrole nitrogens is 1. The summed E-state index contributed by atoms with van der Waals surface area (Å²) in [4.78, 5) is 18.9. The predicted molar refractivity (Wildman–Crippen MR) is 105 cm³/mol. The van der Waals surface area contributed by atoms with Crippen molar-refractivity contribution in [3.63, 3.8) is 0 Å². The molecule has 9 heteroatoms. The summed E-state index contributed by atoms with van der Waals surface area (Å²) in [6.45, 7) is 2.19. The summed E-state index contributed by atoms with van der Waals surface area (Å²) in [6.07, 6.45) is 7.53. The molecule has 4 aromatic heterocycles. The number of aromatic amines is 1. The zero-order chi connectivity index (χ0) is 18.4. The van der Waals surface area contributed by atoms with E-state index in [0.717, 1.165) is 48.2 Å². The van der Waals surface area contributed by atoms with Gasteiger partial charge in [0.1, 0.15) is 5.65 Å². The van der Waals surface area contributed by atoms with E-state index in [2.05, 4.69) is 42.3 Å². The number of hydrogen-bond donors (Lipinski definition) is 2. The smallest absolute Gasteiger partial charge is 0.224 e. The van der Waals surface area contributed by atoms with Crippen molar-refractivity contribution >= 4 is 34.2 Å². The van der Waals surface area contributed by atoms with Gasteiger partial charge in [-0.25, -0.2) is 14.5 Å². The molecule has 8 nitrogen and oxygen atoms in total. The Kier molecular flexibility index (Phi) is 3.95. The molecule has 1 aliphatic rings. The van der Waals surface area contributed by atoms with E-state index in [4.69, 9.17) is 11.6 Å². The van der Waals surface area contributed by atoms with Crippen molar-refractivity contribution in [2.24, 2.45) is 0 Å². The minimum absolute atomic E-state index is 0.417. The molecule has 1 fully saturated rings. The number of anilines is 1.